The Kier molecular flexibility index (Phi) is 4.56. The topological polar surface area (TPSA) is 32.8 Å². The molecule has 2 aliphatic rings. The molecule has 1 spiro atoms. The molecular weight excluding hydrogens is 355 g/mol. The lowest BCUT2D eigenvalue weighted by Gasteiger charge is -2.35. The molecule has 4 rings (SSSR count). The Morgan fingerprint density at radius 1 is 1.14 bits per heavy atom. The third kappa shape index (κ3) is 3.03. The van der Waals surface area contributed by atoms with Gasteiger partial charge >= 0.3 is 0 Å². The molecule has 2 heterocycles. The van der Waals surface area contributed by atoms with E-state index in [0.29, 0.717) is 17.9 Å². The predicted molar refractivity (Wildman–Crippen MR) is 108 cm³/mol. The van der Waals surface area contributed by atoms with Gasteiger partial charge in [0.1, 0.15) is 11.6 Å². The molecule has 0 N–H and O–H groups in total. The van der Waals surface area contributed by atoms with Gasteiger partial charge in [0.05, 0.1) is 18.2 Å². The zero-order valence-corrected chi connectivity index (χ0v) is 16.7. The highest BCUT2D eigenvalue weighted by Crippen LogP contribution is 2.47. The first kappa shape index (κ1) is 18.8. The number of anilines is 1. The zero-order chi connectivity index (χ0) is 19.9. The first-order valence-electron chi connectivity index (χ1n) is 9.85. The average Bonchev–Trinajstić information content (AvgIpc) is 3.20. The molecule has 148 valence electrons. The van der Waals surface area contributed by atoms with E-state index in [9.17, 15) is 9.18 Å². The van der Waals surface area contributed by atoms with E-state index in [0.717, 1.165) is 31.5 Å². The van der Waals surface area contributed by atoms with Crippen LogP contribution in [0, 0.1) is 5.82 Å². The van der Waals surface area contributed by atoms with Crippen LogP contribution in [0.5, 0.6) is 5.75 Å². The second kappa shape index (κ2) is 6.80. The minimum atomic E-state index is -0.242. The summed E-state index contributed by atoms with van der Waals surface area (Å²) in [6.07, 6.45) is 2.80. The van der Waals surface area contributed by atoms with Crippen LogP contribution in [-0.4, -0.2) is 42.1 Å². The second-order valence-electron chi connectivity index (χ2n) is 8.54. The summed E-state index contributed by atoms with van der Waals surface area (Å²) in [5, 5.41) is 0. The molecule has 0 aliphatic carbocycles. The van der Waals surface area contributed by atoms with Gasteiger partial charge in [0.2, 0.25) is 0 Å². The van der Waals surface area contributed by atoms with Gasteiger partial charge in [0.15, 0.2) is 0 Å². The van der Waals surface area contributed by atoms with Crippen LogP contribution in [0.2, 0.25) is 0 Å². The number of methoxy groups -OCH3 is 1. The minimum Gasteiger partial charge on any atom is -0.496 e. The van der Waals surface area contributed by atoms with Crippen LogP contribution in [0.4, 0.5) is 10.1 Å². The molecule has 0 aromatic heterocycles. The number of hydrogen-bond donors (Lipinski definition) is 0. The van der Waals surface area contributed by atoms with Gasteiger partial charge in [-0.05, 0) is 63.4 Å². The van der Waals surface area contributed by atoms with Gasteiger partial charge in [-0.25, -0.2) is 4.39 Å². The largest absolute Gasteiger partial charge is 0.496 e. The Morgan fingerprint density at radius 2 is 1.93 bits per heavy atom. The van der Waals surface area contributed by atoms with Crippen LogP contribution in [0.3, 0.4) is 0 Å². The number of carbonyl (C=O) groups excluding carboxylic acids is 1. The highest BCUT2D eigenvalue weighted by molar-refractivity contribution is 5.97. The van der Waals surface area contributed by atoms with Gasteiger partial charge in [-0.15, -0.1) is 0 Å². The summed E-state index contributed by atoms with van der Waals surface area (Å²) in [5.41, 5.74) is 1.07. The number of halogens is 1. The summed E-state index contributed by atoms with van der Waals surface area (Å²) in [6.45, 7) is 5.81. The van der Waals surface area contributed by atoms with E-state index in [1.54, 1.807) is 19.2 Å². The first-order chi connectivity index (χ1) is 13.4. The Labute approximate surface area is 165 Å². The summed E-state index contributed by atoms with van der Waals surface area (Å²) in [6, 6.07) is 14.2. The molecule has 1 atom stereocenters. The average molecular weight is 382 g/mol. The molecular formula is C23H27FN2O2. The van der Waals surface area contributed by atoms with E-state index in [1.807, 2.05) is 35.2 Å². The van der Waals surface area contributed by atoms with Gasteiger partial charge in [0, 0.05) is 24.3 Å². The van der Waals surface area contributed by atoms with E-state index in [-0.39, 0.29) is 22.8 Å². The lowest BCUT2D eigenvalue weighted by molar-refractivity contribution is 0.0614. The molecule has 2 aromatic rings. The number of amides is 1. The molecule has 2 aromatic carbocycles. The summed E-state index contributed by atoms with van der Waals surface area (Å²) in [4.78, 5) is 17.8. The van der Waals surface area contributed by atoms with Gasteiger partial charge in [-0.2, -0.15) is 0 Å². The molecule has 0 radical (unpaired) electrons. The standard InChI is InChI=1S/C23H27FN2O2/c1-22(2)15-23(16-26(22)18-9-6-8-17(24)14-18)12-7-13-25(23)21(27)19-10-4-5-11-20(19)28-3/h4-6,8-11,14H,7,12-13,15-16H2,1-3H3. The number of para-hydroxylation sites is 1. The fourth-order valence-electron chi connectivity index (χ4n) is 5.12. The number of ether oxygens (including phenoxy) is 1. The summed E-state index contributed by atoms with van der Waals surface area (Å²) < 4.78 is 19.3. The van der Waals surface area contributed by atoms with Crippen molar-refractivity contribution >= 4 is 11.6 Å². The molecule has 0 bridgehead atoms. The lowest BCUT2D eigenvalue weighted by Crippen LogP contribution is -2.49. The number of rotatable bonds is 3. The maximum Gasteiger partial charge on any atom is 0.258 e. The normalized spacial score (nSPS) is 23.4. The van der Waals surface area contributed by atoms with Crippen LogP contribution in [0.15, 0.2) is 48.5 Å². The summed E-state index contributed by atoms with van der Waals surface area (Å²) >= 11 is 0. The Bertz CT molecular complexity index is 898. The Hall–Kier alpha value is -2.56. The second-order valence-corrected chi connectivity index (χ2v) is 8.54. The van der Waals surface area contributed by atoms with Crippen molar-refractivity contribution in [3.05, 3.63) is 59.9 Å². The number of likely N-dealkylation sites (tertiary alicyclic amines) is 1. The van der Waals surface area contributed by atoms with Gasteiger partial charge in [-0.1, -0.05) is 18.2 Å². The highest BCUT2D eigenvalue weighted by Gasteiger charge is 2.55. The molecule has 5 heteroatoms. The van der Waals surface area contributed by atoms with Crippen LogP contribution in [0.1, 0.15) is 43.5 Å². The van der Waals surface area contributed by atoms with Crippen LogP contribution in [-0.2, 0) is 0 Å². The SMILES string of the molecule is COc1ccccc1C(=O)N1CCCC12CN(c1cccc(F)c1)C(C)(C)C2. The molecule has 0 saturated carbocycles. The third-order valence-electron chi connectivity index (χ3n) is 6.24. The fraction of sp³-hybridized carbons (Fsp3) is 0.435. The van der Waals surface area contributed by atoms with E-state index >= 15 is 0 Å². The smallest absolute Gasteiger partial charge is 0.258 e. The molecule has 4 nitrogen and oxygen atoms in total. The number of nitrogens with zero attached hydrogens (tertiary/aromatic N) is 2. The molecule has 1 unspecified atom stereocenters. The molecule has 2 fully saturated rings. The number of hydrogen-bond acceptors (Lipinski definition) is 3. The van der Waals surface area contributed by atoms with Crippen molar-refractivity contribution in [1.82, 2.24) is 4.90 Å². The third-order valence-corrected chi connectivity index (χ3v) is 6.24. The summed E-state index contributed by atoms with van der Waals surface area (Å²) in [5.74, 6) is 0.392. The van der Waals surface area contributed by atoms with Crippen molar-refractivity contribution in [2.24, 2.45) is 0 Å². The van der Waals surface area contributed by atoms with E-state index in [1.165, 1.54) is 6.07 Å². The van der Waals surface area contributed by atoms with Crippen LogP contribution >= 0.6 is 0 Å². The van der Waals surface area contributed by atoms with Crippen molar-refractivity contribution in [1.29, 1.82) is 0 Å². The van der Waals surface area contributed by atoms with Crippen molar-refractivity contribution in [3.8, 4) is 5.75 Å². The van der Waals surface area contributed by atoms with Gasteiger partial charge in [0.25, 0.3) is 5.91 Å². The monoisotopic (exact) mass is 382 g/mol. The van der Waals surface area contributed by atoms with Gasteiger partial charge in [-0.3, -0.25) is 4.79 Å². The van der Waals surface area contributed by atoms with Crippen molar-refractivity contribution < 1.29 is 13.9 Å². The fourth-order valence-corrected chi connectivity index (χ4v) is 5.12. The Balaban J connectivity index is 1.68. The number of benzene rings is 2. The van der Waals surface area contributed by atoms with Gasteiger partial charge < -0.3 is 14.5 Å². The number of carbonyl (C=O) groups is 1. The Morgan fingerprint density at radius 3 is 2.68 bits per heavy atom. The van der Waals surface area contributed by atoms with Crippen molar-refractivity contribution in [2.45, 2.75) is 44.2 Å². The zero-order valence-electron chi connectivity index (χ0n) is 16.7. The molecule has 1 amide bonds. The molecule has 2 aliphatic heterocycles. The molecule has 2 saturated heterocycles. The maximum atomic E-state index is 13.8. The molecule has 28 heavy (non-hydrogen) atoms. The quantitative estimate of drug-likeness (QED) is 0.784. The van der Waals surface area contributed by atoms with Crippen molar-refractivity contribution in [3.63, 3.8) is 0 Å². The summed E-state index contributed by atoms with van der Waals surface area (Å²) in [7, 11) is 1.59. The predicted octanol–water partition coefficient (Wildman–Crippen LogP) is 4.50. The van der Waals surface area contributed by atoms with Crippen LogP contribution in [0.25, 0.3) is 0 Å². The van der Waals surface area contributed by atoms with E-state index in [4.69, 9.17) is 4.74 Å². The van der Waals surface area contributed by atoms with E-state index in [2.05, 4.69) is 18.7 Å². The maximum absolute atomic E-state index is 13.8. The van der Waals surface area contributed by atoms with Crippen LogP contribution < -0.4 is 9.64 Å². The van der Waals surface area contributed by atoms with E-state index < -0.39 is 0 Å². The minimum absolute atomic E-state index is 0.0202. The lowest BCUT2D eigenvalue weighted by atomic mass is 9.87. The van der Waals surface area contributed by atoms with Crippen molar-refractivity contribution in [2.75, 3.05) is 25.1 Å². The highest BCUT2D eigenvalue weighted by atomic mass is 19.1. The first-order valence-corrected chi connectivity index (χ1v) is 9.85.